The van der Waals surface area contributed by atoms with Crippen molar-refractivity contribution in [2.45, 2.75) is 121 Å². The molecule has 1 aromatic carbocycles. The molecule has 4 aliphatic rings. The van der Waals surface area contributed by atoms with Crippen LogP contribution >= 0.6 is 0 Å². The summed E-state index contributed by atoms with van der Waals surface area (Å²) < 4.78 is 19.8. The standard InChI is InChI=1S/C39H53FN6O8/c1-4-5-6-7-15-33(47)42-28(22-26-11-8-12-27(40)21-26)34(48)43-29-23-54-39(53)31-14-10-18-45(31)36(50)25(3)41-35(49)32-20-24(2)16-19-46(32)38(52)30-13-9-17-44(30)37(29)51/h7-8,11-12,15,21,24-25,28-32H,4-6,9-10,13-14,16-20,22-23H2,1-3H3,(H,41,49)(H,42,47)(H,43,48)/b15-7+/t24?,25-,28-,29-,30-,31-,32-/m0/s1. The molecular formula is C39H53FN6O8. The van der Waals surface area contributed by atoms with E-state index in [0.29, 0.717) is 57.1 Å². The van der Waals surface area contributed by atoms with E-state index in [4.69, 9.17) is 4.74 Å². The number of carbonyl (C=O) groups is 7. The van der Waals surface area contributed by atoms with Crippen LogP contribution in [0.1, 0.15) is 84.1 Å². The summed E-state index contributed by atoms with van der Waals surface area (Å²) in [6.07, 6.45) is 8.02. The Kier molecular flexibility index (Phi) is 13.8. The van der Waals surface area contributed by atoms with Crippen molar-refractivity contribution >= 4 is 41.4 Å². The Morgan fingerprint density at radius 1 is 0.944 bits per heavy atom. The van der Waals surface area contributed by atoms with Gasteiger partial charge in [0.2, 0.25) is 35.4 Å². The second-order valence-electron chi connectivity index (χ2n) is 14.9. The molecule has 0 aromatic heterocycles. The molecule has 294 valence electrons. The Hall–Kier alpha value is -4.82. The van der Waals surface area contributed by atoms with Gasteiger partial charge in [0.15, 0.2) is 0 Å². The fourth-order valence-electron chi connectivity index (χ4n) is 7.78. The lowest BCUT2D eigenvalue weighted by Crippen LogP contribution is -2.62. The maximum absolute atomic E-state index is 14.4. The van der Waals surface area contributed by atoms with Crippen molar-refractivity contribution in [2.24, 2.45) is 5.92 Å². The minimum absolute atomic E-state index is 0.113. The first-order valence-corrected chi connectivity index (χ1v) is 19.3. The lowest BCUT2D eigenvalue weighted by molar-refractivity contribution is -0.158. The van der Waals surface area contributed by atoms with Gasteiger partial charge in [-0.05, 0) is 81.6 Å². The molecule has 1 unspecified atom stereocenters. The van der Waals surface area contributed by atoms with E-state index in [1.807, 2.05) is 13.8 Å². The van der Waals surface area contributed by atoms with Gasteiger partial charge in [0.25, 0.3) is 0 Å². The van der Waals surface area contributed by atoms with Gasteiger partial charge in [0.05, 0.1) is 0 Å². The van der Waals surface area contributed by atoms with Gasteiger partial charge in [-0.2, -0.15) is 0 Å². The number of halogens is 1. The third kappa shape index (κ3) is 9.83. The summed E-state index contributed by atoms with van der Waals surface area (Å²) in [5.74, 6) is -4.55. The van der Waals surface area contributed by atoms with Crippen LogP contribution in [0.15, 0.2) is 36.4 Å². The van der Waals surface area contributed by atoms with E-state index in [1.165, 1.54) is 39.0 Å². The molecule has 0 saturated carbocycles. The van der Waals surface area contributed by atoms with Crippen molar-refractivity contribution in [1.82, 2.24) is 30.7 Å². The number of hydrogen-bond donors (Lipinski definition) is 3. The Balaban J connectivity index is 1.45. The first-order valence-electron chi connectivity index (χ1n) is 19.3. The van der Waals surface area contributed by atoms with Crippen LogP contribution < -0.4 is 16.0 Å². The Bertz CT molecular complexity index is 1620. The quantitative estimate of drug-likeness (QED) is 0.194. The van der Waals surface area contributed by atoms with Gasteiger partial charge in [-0.25, -0.2) is 9.18 Å². The summed E-state index contributed by atoms with van der Waals surface area (Å²) in [5, 5.41) is 8.12. The van der Waals surface area contributed by atoms with E-state index in [-0.39, 0.29) is 25.4 Å². The number of allylic oxidation sites excluding steroid dienone is 1. The number of hydrogen-bond acceptors (Lipinski definition) is 8. The molecule has 3 N–H and O–H groups in total. The number of benzene rings is 1. The fourth-order valence-corrected chi connectivity index (χ4v) is 7.78. The topological polar surface area (TPSA) is 175 Å². The van der Waals surface area contributed by atoms with E-state index < -0.39 is 90.1 Å². The maximum atomic E-state index is 14.4. The van der Waals surface area contributed by atoms with Crippen LogP contribution in [0.25, 0.3) is 0 Å². The molecular weight excluding hydrogens is 699 g/mol. The van der Waals surface area contributed by atoms with Crippen molar-refractivity contribution in [3.05, 3.63) is 47.8 Å². The number of fused-ring (bicyclic) bond motifs is 3. The van der Waals surface area contributed by atoms with Crippen LogP contribution in [0.2, 0.25) is 0 Å². The van der Waals surface area contributed by atoms with Crippen LogP contribution in [-0.2, 0) is 44.7 Å². The summed E-state index contributed by atoms with van der Waals surface area (Å²) in [6, 6.07) is -0.884. The SMILES string of the molecule is CCCC/C=C/C(=O)N[C@@H](Cc1cccc(F)c1)C(=O)N[C@H]1COC(=O)[C@@H]2CCCN2C(=O)[C@H](C)NC(=O)[C@@H]2CC(C)CCN2C(=O)[C@@H]2CCCN2C1=O. The number of piperidine rings is 1. The number of rotatable bonds is 9. The van der Waals surface area contributed by atoms with Gasteiger partial charge in [-0.3, -0.25) is 28.8 Å². The lowest BCUT2D eigenvalue weighted by Gasteiger charge is -2.41. The number of amides is 6. The molecule has 0 radical (unpaired) electrons. The van der Waals surface area contributed by atoms with E-state index in [1.54, 1.807) is 19.1 Å². The average molecular weight is 753 g/mol. The summed E-state index contributed by atoms with van der Waals surface area (Å²) in [4.78, 5) is 101. The zero-order valence-electron chi connectivity index (χ0n) is 31.4. The number of carbonyl (C=O) groups excluding carboxylic acids is 7. The highest BCUT2D eigenvalue weighted by atomic mass is 19.1. The van der Waals surface area contributed by atoms with Crippen LogP contribution in [0.3, 0.4) is 0 Å². The molecule has 1 aromatic rings. The molecule has 0 aliphatic carbocycles. The zero-order valence-corrected chi connectivity index (χ0v) is 31.4. The van der Waals surface area contributed by atoms with Crippen molar-refractivity contribution < 1.29 is 42.7 Å². The molecule has 5 rings (SSSR count). The summed E-state index contributed by atoms with van der Waals surface area (Å²) >= 11 is 0. The van der Waals surface area contributed by atoms with E-state index in [2.05, 4.69) is 16.0 Å². The van der Waals surface area contributed by atoms with Crippen LogP contribution in [0.5, 0.6) is 0 Å². The second-order valence-corrected chi connectivity index (χ2v) is 14.9. The van der Waals surface area contributed by atoms with Gasteiger partial charge in [0.1, 0.15) is 48.7 Å². The molecule has 4 aliphatic heterocycles. The predicted molar refractivity (Wildman–Crippen MR) is 195 cm³/mol. The average Bonchev–Trinajstić information content (AvgIpc) is 3.84. The molecule has 14 nitrogen and oxygen atoms in total. The van der Waals surface area contributed by atoms with Crippen LogP contribution in [-0.4, -0.2) is 119 Å². The molecule has 15 heteroatoms. The summed E-state index contributed by atoms with van der Waals surface area (Å²) in [6.45, 7) is 5.69. The van der Waals surface area contributed by atoms with E-state index >= 15 is 0 Å². The highest BCUT2D eigenvalue weighted by molar-refractivity contribution is 5.98. The smallest absolute Gasteiger partial charge is 0.328 e. The monoisotopic (exact) mass is 752 g/mol. The number of nitrogens with zero attached hydrogens (tertiary/aromatic N) is 3. The Morgan fingerprint density at radius 2 is 1.65 bits per heavy atom. The maximum Gasteiger partial charge on any atom is 0.328 e. The van der Waals surface area contributed by atoms with Gasteiger partial charge >= 0.3 is 5.97 Å². The van der Waals surface area contributed by atoms with Crippen molar-refractivity contribution in [2.75, 3.05) is 26.2 Å². The third-order valence-corrected chi connectivity index (χ3v) is 10.8. The van der Waals surface area contributed by atoms with Gasteiger partial charge in [-0.15, -0.1) is 0 Å². The molecule has 0 bridgehead atoms. The van der Waals surface area contributed by atoms with Gasteiger partial charge < -0.3 is 35.4 Å². The number of unbranched alkanes of at least 4 members (excludes halogenated alkanes) is 2. The first-order chi connectivity index (χ1) is 25.9. The highest BCUT2D eigenvalue weighted by Crippen LogP contribution is 2.28. The molecule has 0 spiro atoms. The molecule has 7 atom stereocenters. The molecule has 4 saturated heterocycles. The van der Waals surface area contributed by atoms with Gasteiger partial charge in [-0.1, -0.05) is 44.9 Å². The number of esters is 1. The fraction of sp³-hybridized carbons (Fsp3) is 0.615. The van der Waals surface area contributed by atoms with Crippen LogP contribution in [0.4, 0.5) is 4.39 Å². The number of cyclic esters (lactones) is 1. The summed E-state index contributed by atoms with van der Waals surface area (Å²) in [5.41, 5.74) is 0.418. The minimum Gasteiger partial charge on any atom is -0.461 e. The Labute approximate surface area is 315 Å². The predicted octanol–water partition coefficient (Wildman–Crippen LogP) is 1.75. The zero-order chi connectivity index (χ0) is 38.9. The second kappa shape index (κ2) is 18.5. The molecule has 4 fully saturated rings. The number of nitrogens with one attached hydrogen (secondary N) is 3. The number of ether oxygens (including phenoxy) is 1. The third-order valence-electron chi connectivity index (χ3n) is 10.8. The molecule has 54 heavy (non-hydrogen) atoms. The first kappa shape index (κ1) is 40.4. The van der Waals surface area contributed by atoms with Crippen molar-refractivity contribution in [1.29, 1.82) is 0 Å². The lowest BCUT2D eigenvalue weighted by atomic mass is 9.91. The van der Waals surface area contributed by atoms with Gasteiger partial charge in [0, 0.05) is 26.1 Å². The highest BCUT2D eigenvalue weighted by Gasteiger charge is 2.46. The molecule has 6 amide bonds. The Morgan fingerprint density at radius 3 is 2.37 bits per heavy atom. The molecule has 4 heterocycles. The normalized spacial score (nSPS) is 27.6. The van der Waals surface area contributed by atoms with Crippen molar-refractivity contribution in [3.8, 4) is 0 Å². The summed E-state index contributed by atoms with van der Waals surface area (Å²) in [7, 11) is 0. The van der Waals surface area contributed by atoms with Crippen molar-refractivity contribution in [3.63, 3.8) is 0 Å². The minimum atomic E-state index is -1.47. The van der Waals surface area contributed by atoms with Crippen LogP contribution in [0, 0.1) is 11.7 Å². The largest absolute Gasteiger partial charge is 0.461 e. The van der Waals surface area contributed by atoms with E-state index in [0.717, 1.165) is 12.8 Å². The van der Waals surface area contributed by atoms with E-state index in [9.17, 15) is 38.0 Å².